The van der Waals surface area contributed by atoms with Gasteiger partial charge in [-0.25, -0.2) is 0 Å². The minimum atomic E-state index is 0.142. The highest BCUT2D eigenvalue weighted by Gasteiger charge is 2.25. The third kappa shape index (κ3) is 3.39. The summed E-state index contributed by atoms with van der Waals surface area (Å²) in [5.41, 5.74) is 0. The second kappa shape index (κ2) is 6.62. The van der Waals surface area contributed by atoms with Gasteiger partial charge in [0.25, 0.3) is 0 Å². The first-order valence-corrected chi connectivity index (χ1v) is 7.41. The predicted molar refractivity (Wildman–Crippen MR) is 65.9 cm³/mol. The zero-order chi connectivity index (χ0) is 10.4. The van der Waals surface area contributed by atoms with Crippen molar-refractivity contribution in [2.24, 2.45) is 0 Å². The molecule has 0 N–H and O–H groups in total. The Morgan fingerprint density at radius 1 is 1.21 bits per heavy atom. The number of hydrogen-bond acceptors (Lipinski definition) is 3. The summed E-state index contributed by atoms with van der Waals surface area (Å²) in [7, 11) is 0. The van der Waals surface area contributed by atoms with Crippen molar-refractivity contribution in [2.75, 3.05) is 24.6 Å². The van der Waals surface area contributed by atoms with Crippen LogP contribution >= 0.6 is 23.5 Å². The summed E-state index contributed by atoms with van der Waals surface area (Å²) >= 11 is 3.54. The highest BCUT2D eigenvalue weighted by molar-refractivity contribution is 8.18. The van der Waals surface area contributed by atoms with E-state index in [-0.39, 0.29) is 4.58 Å². The normalized spacial score (nSPS) is 16.6. The standard InChI is InChI=1S/C10H19NOS2/c1-3-13-10(14-4-2)9(12)11-7-5-6-8-11/h10H,3-8H2,1-2H3. The van der Waals surface area contributed by atoms with Crippen LogP contribution in [0.3, 0.4) is 0 Å². The number of carbonyl (C=O) groups excluding carboxylic acids is 1. The van der Waals surface area contributed by atoms with E-state index in [2.05, 4.69) is 13.8 Å². The van der Waals surface area contributed by atoms with Gasteiger partial charge in [0.05, 0.1) is 0 Å². The molecule has 82 valence electrons. The Labute approximate surface area is 95.2 Å². The van der Waals surface area contributed by atoms with E-state index >= 15 is 0 Å². The van der Waals surface area contributed by atoms with Crippen LogP contribution in [0, 0.1) is 0 Å². The van der Waals surface area contributed by atoms with Crippen molar-refractivity contribution in [2.45, 2.75) is 31.3 Å². The molecule has 1 fully saturated rings. The minimum Gasteiger partial charge on any atom is -0.341 e. The van der Waals surface area contributed by atoms with E-state index in [1.807, 2.05) is 4.90 Å². The Balaban J connectivity index is 2.43. The number of nitrogens with zero attached hydrogens (tertiary/aromatic N) is 1. The Morgan fingerprint density at radius 3 is 2.14 bits per heavy atom. The second-order valence-electron chi connectivity index (χ2n) is 3.28. The lowest BCUT2D eigenvalue weighted by Crippen LogP contribution is -2.34. The van der Waals surface area contributed by atoms with Gasteiger partial charge in [0.1, 0.15) is 4.58 Å². The van der Waals surface area contributed by atoms with Crippen molar-refractivity contribution < 1.29 is 4.79 Å². The predicted octanol–water partition coefficient (Wildman–Crippen LogP) is 2.44. The van der Waals surface area contributed by atoms with Crippen LogP contribution in [0.1, 0.15) is 26.7 Å². The van der Waals surface area contributed by atoms with E-state index < -0.39 is 0 Å². The van der Waals surface area contributed by atoms with Crippen LogP contribution < -0.4 is 0 Å². The van der Waals surface area contributed by atoms with Gasteiger partial charge in [-0.3, -0.25) is 4.79 Å². The summed E-state index contributed by atoms with van der Waals surface area (Å²) in [6.07, 6.45) is 2.37. The van der Waals surface area contributed by atoms with Crippen molar-refractivity contribution in [3.8, 4) is 0 Å². The molecule has 1 saturated heterocycles. The molecule has 1 amide bonds. The second-order valence-corrected chi connectivity index (χ2v) is 6.34. The fraction of sp³-hybridized carbons (Fsp3) is 0.900. The van der Waals surface area contributed by atoms with Crippen molar-refractivity contribution in [1.82, 2.24) is 4.90 Å². The number of rotatable bonds is 5. The fourth-order valence-corrected chi connectivity index (χ4v) is 3.97. The maximum Gasteiger partial charge on any atom is 0.245 e. The molecule has 1 heterocycles. The monoisotopic (exact) mass is 233 g/mol. The van der Waals surface area contributed by atoms with Crippen LogP contribution in [0.25, 0.3) is 0 Å². The number of thioether (sulfide) groups is 2. The van der Waals surface area contributed by atoms with Gasteiger partial charge in [-0.05, 0) is 24.3 Å². The Kier molecular flexibility index (Phi) is 5.78. The molecule has 4 heteroatoms. The van der Waals surface area contributed by atoms with Gasteiger partial charge in [-0.1, -0.05) is 13.8 Å². The van der Waals surface area contributed by atoms with Crippen LogP contribution in [-0.2, 0) is 4.79 Å². The zero-order valence-corrected chi connectivity index (χ0v) is 10.6. The van der Waals surface area contributed by atoms with E-state index in [4.69, 9.17) is 0 Å². The average molecular weight is 233 g/mol. The van der Waals surface area contributed by atoms with Gasteiger partial charge in [0, 0.05) is 13.1 Å². The number of likely N-dealkylation sites (tertiary alicyclic amines) is 1. The molecule has 0 aliphatic carbocycles. The third-order valence-electron chi connectivity index (χ3n) is 2.26. The number of hydrogen-bond donors (Lipinski definition) is 0. The lowest BCUT2D eigenvalue weighted by Gasteiger charge is -2.21. The lowest BCUT2D eigenvalue weighted by molar-refractivity contribution is -0.127. The molecule has 0 aromatic carbocycles. The first-order chi connectivity index (χ1) is 6.79. The van der Waals surface area contributed by atoms with Gasteiger partial charge < -0.3 is 4.90 Å². The smallest absolute Gasteiger partial charge is 0.245 e. The molecule has 0 atom stereocenters. The van der Waals surface area contributed by atoms with Gasteiger partial charge in [-0.15, -0.1) is 23.5 Å². The summed E-state index contributed by atoms with van der Waals surface area (Å²) in [5.74, 6) is 2.40. The molecular formula is C10H19NOS2. The average Bonchev–Trinajstić information content (AvgIpc) is 2.69. The zero-order valence-electron chi connectivity index (χ0n) is 8.99. The SMILES string of the molecule is CCSC(SCC)C(=O)N1CCCC1. The molecule has 1 rings (SSSR count). The molecule has 1 aliphatic rings. The topological polar surface area (TPSA) is 20.3 Å². The van der Waals surface area contributed by atoms with Crippen LogP contribution in [0.2, 0.25) is 0 Å². The van der Waals surface area contributed by atoms with Crippen LogP contribution in [0.5, 0.6) is 0 Å². The first-order valence-electron chi connectivity index (χ1n) is 5.31. The number of carbonyl (C=O) groups is 1. The maximum absolute atomic E-state index is 12.0. The van der Waals surface area contributed by atoms with Crippen LogP contribution in [-0.4, -0.2) is 40.0 Å². The molecule has 0 bridgehead atoms. The Morgan fingerprint density at radius 2 is 1.71 bits per heavy atom. The fourth-order valence-electron chi connectivity index (χ4n) is 1.58. The molecule has 1 aliphatic heterocycles. The molecule has 0 aromatic heterocycles. The molecule has 14 heavy (non-hydrogen) atoms. The van der Waals surface area contributed by atoms with Crippen LogP contribution in [0.15, 0.2) is 0 Å². The quantitative estimate of drug-likeness (QED) is 0.680. The highest BCUT2D eigenvalue weighted by Crippen LogP contribution is 2.26. The van der Waals surface area contributed by atoms with E-state index in [1.165, 1.54) is 12.8 Å². The molecule has 0 radical (unpaired) electrons. The summed E-state index contributed by atoms with van der Waals surface area (Å²) < 4.78 is 0.142. The van der Waals surface area contributed by atoms with Gasteiger partial charge in [0.15, 0.2) is 0 Å². The van der Waals surface area contributed by atoms with E-state index in [0.29, 0.717) is 5.91 Å². The Bertz CT molecular complexity index is 175. The van der Waals surface area contributed by atoms with Crippen molar-refractivity contribution in [3.05, 3.63) is 0 Å². The molecular weight excluding hydrogens is 214 g/mol. The Hall–Kier alpha value is 0.170. The minimum absolute atomic E-state index is 0.142. The first kappa shape index (κ1) is 12.2. The van der Waals surface area contributed by atoms with Crippen molar-refractivity contribution in [1.29, 1.82) is 0 Å². The van der Waals surface area contributed by atoms with E-state index in [1.54, 1.807) is 23.5 Å². The summed E-state index contributed by atoms with van der Waals surface area (Å²) in [4.78, 5) is 14.0. The largest absolute Gasteiger partial charge is 0.341 e. The molecule has 0 unspecified atom stereocenters. The molecule has 0 spiro atoms. The molecule has 2 nitrogen and oxygen atoms in total. The third-order valence-corrected chi connectivity index (χ3v) is 4.75. The van der Waals surface area contributed by atoms with Gasteiger partial charge in [0.2, 0.25) is 5.91 Å². The highest BCUT2D eigenvalue weighted by atomic mass is 32.2. The van der Waals surface area contributed by atoms with Crippen LogP contribution in [0.4, 0.5) is 0 Å². The van der Waals surface area contributed by atoms with Crippen molar-refractivity contribution in [3.63, 3.8) is 0 Å². The van der Waals surface area contributed by atoms with Gasteiger partial charge in [-0.2, -0.15) is 0 Å². The maximum atomic E-state index is 12.0. The number of amides is 1. The van der Waals surface area contributed by atoms with Gasteiger partial charge >= 0.3 is 0 Å². The molecule has 0 aromatic rings. The summed E-state index contributed by atoms with van der Waals surface area (Å²) in [5, 5.41) is 0. The molecule has 0 saturated carbocycles. The lowest BCUT2D eigenvalue weighted by atomic mass is 10.4. The van der Waals surface area contributed by atoms with E-state index in [9.17, 15) is 4.79 Å². The summed E-state index contributed by atoms with van der Waals surface area (Å²) in [6, 6.07) is 0. The van der Waals surface area contributed by atoms with Crippen molar-refractivity contribution >= 4 is 29.4 Å². The summed E-state index contributed by atoms with van der Waals surface area (Å²) in [6.45, 7) is 6.18. The van der Waals surface area contributed by atoms with E-state index in [0.717, 1.165) is 24.6 Å².